The van der Waals surface area contributed by atoms with Crippen LogP contribution in [0.25, 0.3) is 0 Å². The lowest BCUT2D eigenvalue weighted by atomic mass is 10.1. The van der Waals surface area contributed by atoms with Gasteiger partial charge in [-0.3, -0.25) is 4.79 Å². The highest BCUT2D eigenvalue weighted by atomic mass is 16.5. The van der Waals surface area contributed by atoms with Crippen LogP contribution in [0.2, 0.25) is 0 Å². The van der Waals surface area contributed by atoms with Crippen molar-refractivity contribution in [2.75, 3.05) is 12.8 Å². The van der Waals surface area contributed by atoms with Crippen LogP contribution in [0.15, 0.2) is 24.3 Å². The Kier molecular flexibility index (Phi) is 3.48. The number of rotatable bonds is 4. The van der Waals surface area contributed by atoms with Gasteiger partial charge in [0.1, 0.15) is 0 Å². The number of nitrogens with two attached hydrogens (primary N) is 1. The summed E-state index contributed by atoms with van der Waals surface area (Å²) in [5.74, 6) is -0.881. The van der Waals surface area contributed by atoms with E-state index in [-0.39, 0.29) is 6.42 Å². The second-order valence-electron chi connectivity index (χ2n) is 2.99. The molecule has 1 atom stereocenters. The van der Waals surface area contributed by atoms with Gasteiger partial charge >= 0.3 is 5.97 Å². The number of ether oxygens (including phenoxy) is 1. The Morgan fingerprint density at radius 2 is 2.07 bits per heavy atom. The molecule has 0 amide bonds. The summed E-state index contributed by atoms with van der Waals surface area (Å²) in [6, 6.07) is 6.99. The number of methoxy groups -OCH3 is 1. The Morgan fingerprint density at radius 3 is 2.50 bits per heavy atom. The number of anilines is 1. The molecule has 1 aromatic rings. The van der Waals surface area contributed by atoms with Crippen LogP contribution >= 0.6 is 0 Å². The lowest BCUT2D eigenvalue weighted by Crippen LogP contribution is -2.08. The van der Waals surface area contributed by atoms with Gasteiger partial charge in [-0.25, -0.2) is 0 Å². The van der Waals surface area contributed by atoms with Crippen LogP contribution in [0.4, 0.5) is 5.69 Å². The monoisotopic (exact) mass is 195 g/mol. The molecule has 0 fully saturated rings. The topological polar surface area (TPSA) is 72.5 Å². The maximum Gasteiger partial charge on any atom is 0.306 e. The van der Waals surface area contributed by atoms with Crippen molar-refractivity contribution in [1.82, 2.24) is 0 Å². The van der Waals surface area contributed by atoms with Gasteiger partial charge in [-0.1, -0.05) is 12.1 Å². The molecule has 4 heteroatoms. The van der Waals surface area contributed by atoms with Crippen LogP contribution in [-0.2, 0) is 9.53 Å². The lowest BCUT2D eigenvalue weighted by molar-refractivity contribution is -0.139. The van der Waals surface area contributed by atoms with Gasteiger partial charge in [0.05, 0.1) is 12.5 Å². The first-order chi connectivity index (χ1) is 6.63. The van der Waals surface area contributed by atoms with E-state index in [0.29, 0.717) is 5.69 Å². The average molecular weight is 195 g/mol. The number of carboxylic acid groups (broad SMARTS) is 1. The predicted molar refractivity (Wildman–Crippen MR) is 52.9 cm³/mol. The van der Waals surface area contributed by atoms with Gasteiger partial charge in [-0.2, -0.15) is 0 Å². The molecule has 0 saturated heterocycles. The van der Waals surface area contributed by atoms with Gasteiger partial charge in [-0.05, 0) is 17.7 Å². The van der Waals surface area contributed by atoms with Crippen LogP contribution < -0.4 is 5.73 Å². The third-order valence-electron chi connectivity index (χ3n) is 1.95. The Morgan fingerprint density at radius 1 is 1.50 bits per heavy atom. The van der Waals surface area contributed by atoms with Crippen LogP contribution in [0.1, 0.15) is 18.1 Å². The smallest absolute Gasteiger partial charge is 0.306 e. The number of benzene rings is 1. The molecule has 1 aromatic carbocycles. The van der Waals surface area contributed by atoms with Gasteiger partial charge in [0, 0.05) is 12.8 Å². The van der Waals surface area contributed by atoms with Gasteiger partial charge in [-0.15, -0.1) is 0 Å². The van der Waals surface area contributed by atoms with E-state index >= 15 is 0 Å². The molecule has 0 aliphatic carbocycles. The molecule has 14 heavy (non-hydrogen) atoms. The molecular weight excluding hydrogens is 182 g/mol. The standard InChI is InChI=1S/C10H13NO3/c1-14-9(6-10(12)13)7-2-4-8(11)5-3-7/h2-5,9H,6,11H2,1H3,(H,12,13). The highest BCUT2D eigenvalue weighted by molar-refractivity contribution is 5.67. The quantitative estimate of drug-likeness (QED) is 0.713. The van der Waals surface area contributed by atoms with Crippen molar-refractivity contribution in [3.63, 3.8) is 0 Å². The van der Waals surface area contributed by atoms with Crippen LogP contribution in [0.5, 0.6) is 0 Å². The zero-order valence-electron chi connectivity index (χ0n) is 7.93. The van der Waals surface area contributed by atoms with Crippen LogP contribution in [-0.4, -0.2) is 18.2 Å². The maximum atomic E-state index is 10.5. The van der Waals surface area contributed by atoms with Crippen molar-refractivity contribution >= 4 is 11.7 Å². The summed E-state index contributed by atoms with van der Waals surface area (Å²) < 4.78 is 5.07. The Balaban J connectivity index is 2.78. The van der Waals surface area contributed by atoms with Crippen molar-refractivity contribution in [3.8, 4) is 0 Å². The van der Waals surface area contributed by atoms with E-state index in [2.05, 4.69) is 0 Å². The SMILES string of the molecule is COC(CC(=O)O)c1ccc(N)cc1. The maximum absolute atomic E-state index is 10.5. The Labute approximate surface area is 82.3 Å². The van der Waals surface area contributed by atoms with E-state index in [1.165, 1.54) is 7.11 Å². The molecule has 0 aliphatic heterocycles. The molecule has 0 heterocycles. The van der Waals surface area contributed by atoms with Gasteiger partial charge in [0.25, 0.3) is 0 Å². The number of carboxylic acids is 1. The third kappa shape index (κ3) is 2.74. The van der Waals surface area contributed by atoms with Gasteiger partial charge < -0.3 is 15.6 Å². The summed E-state index contributed by atoms with van der Waals surface area (Å²) in [5.41, 5.74) is 6.99. The van der Waals surface area contributed by atoms with Gasteiger partial charge in [0.2, 0.25) is 0 Å². The second-order valence-corrected chi connectivity index (χ2v) is 2.99. The molecule has 0 aromatic heterocycles. The summed E-state index contributed by atoms with van der Waals surface area (Å²) in [6.07, 6.45) is -0.450. The predicted octanol–water partition coefficient (Wildman–Crippen LogP) is 1.43. The molecule has 0 radical (unpaired) electrons. The molecular formula is C10H13NO3. The minimum Gasteiger partial charge on any atom is -0.481 e. The first-order valence-electron chi connectivity index (χ1n) is 4.23. The molecule has 0 bridgehead atoms. The summed E-state index contributed by atoms with van der Waals surface area (Å²) in [5, 5.41) is 8.63. The van der Waals surface area contributed by atoms with Crippen LogP contribution in [0.3, 0.4) is 0 Å². The van der Waals surface area contributed by atoms with Crippen molar-refractivity contribution in [2.45, 2.75) is 12.5 Å². The molecule has 0 spiro atoms. The molecule has 3 N–H and O–H groups in total. The Hall–Kier alpha value is -1.55. The van der Waals surface area contributed by atoms with E-state index < -0.39 is 12.1 Å². The number of aliphatic carboxylic acids is 1. The highest BCUT2D eigenvalue weighted by Crippen LogP contribution is 2.21. The zero-order chi connectivity index (χ0) is 10.6. The van der Waals surface area contributed by atoms with E-state index in [1.807, 2.05) is 0 Å². The molecule has 4 nitrogen and oxygen atoms in total. The molecule has 1 unspecified atom stereocenters. The highest BCUT2D eigenvalue weighted by Gasteiger charge is 2.13. The first-order valence-corrected chi connectivity index (χ1v) is 4.23. The lowest BCUT2D eigenvalue weighted by Gasteiger charge is -2.13. The first kappa shape index (κ1) is 10.5. The fraction of sp³-hybridized carbons (Fsp3) is 0.300. The number of nitrogen functional groups attached to an aromatic ring is 1. The minimum absolute atomic E-state index is 0.0413. The summed E-state index contributed by atoms with van der Waals surface area (Å²) in [6.45, 7) is 0. The van der Waals surface area contributed by atoms with E-state index in [1.54, 1.807) is 24.3 Å². The fourth-order valence-corrected chi connectivity index (χ4v) is 1.21. The second kappa shape index (κ2) is 4.62. The minimum atomic E-state index is -0.881. The number of hydrogen-bond donors (Lipinski definition) is 2. The number of hydrogen-bond acceptors (Lipinski definition) is 3. The summed E-state index contributed by atoms with van der Waals surface area (Å²) in [4.78, 5) is 10.5. The normalized spacial score (nSPS) is 12.4. The van der Waals surface area contributed by atoms with E-state index in [9.17, 15) is 4.79 Å². The fourth-order valence-electron chi connectivity index (χ4n) is 1.21. The summed E-state index contributed by atoms with van der Waals surface area (Å²) >= 11 is 0. The average Bonchev–Trinajstić information content (AvgIpc) is 2.15. The molecule has 0 aliphatic rings. The molecule has 0 saturated carbocycles. The van der Waals surface area contributed by atoms with Crippen molar-refractivity contribution in [1.29, 1.82) is 0 Å². The largest absolute Gasteiger partial charge is 0.481 e. The van der Waals surface area contributed by atoms with Gasteiger partial charge in [0.15, 0.2) is 0 Å². The van der Waals surface area contributed by atoms with Crippen molar-refractivity contribution in [3.05, 3.63) is 29.8 Å². The third-order valence-corrected chi connectivity index (χ3v) is 1.95. The summed E-state index contributed by atoms with van der Waals surface area (Å²) in [7, 11) is 1.49. The van der Waals surface area contributed by atoms with Crippen molar-refractivity contribution < 1.29 is 14.6 Å². The molecule has 76 valence electrons. The zero-order valence-corrected chi connectivity index (χ0v) is 7.93. The Bertz CT molecular complexity index is 308. The van der Waals surface area contributed by atoms with E-state index in [0.717, 1.165) is 5.56 Å². The van der Waals surface area contributed by atoms with Crippen molar-refractivity contribution in [2.24, 2.45) is 0 Å². The van der Waals surface area contributed by atoms with E-state index in [4.69, 9.17) is 15.6 Å². The molecule has 1 rings (SSSR count). The number of carbonyl (C=O) groups is 1. The van der Waals surface area contributed by atoms with Crippen LogP contribution in [0, 0.1) is 0 Å².